The highest BCUT2D eigenvalue weighted by molar-refractivity contribution is 6.08. The van der Waals surface area contributed by atoms with Crippen molar-refractivity contribution in [1.82, 2.24) is 15.5 Å². The standard InChI is InChI=1S/C19H29N3O3/c1-3-4-18(2)16(24)22(17(25)21-18)11-15(23)20-19-8-12-5-13(9-19)7-14(6-12)10-19/h12-14H,3-11H2,1-2H3,(H,20,23)(H,21,25). The lowest BCUT2D eigenvalue weighted by molar-refractivity contribution is -0.136. The largest absolute Gasteiger partial charge is 0.349 e. The van der Waals surface area contributed by atoms with Crippen LogP contribution in [0.3, 0.4) is 0 Å². The summed E-state index contributed by atoms with van der Waals surface area (Å²) >= 11 is 0. The Bertz CT molecular complexity index is 582. The second-order valence-electron chi connectivity index (χ2n) is 9.15. The van der Waals surface area contributed by atoms with Crippen molar-refractivity contribution in [1.29, 1.82) is 0 Å². The van der Waals surface area contributed by atoms with Gasteiger partial charge in [0, 0.05) is 5.54 Å². The summed E-state index contributed by atoms with van der Waals surface area (Å²) in [5, 5.41) is 5.99. The Balaban J connectivity index is 1.41. The number of amides is 4. The molecule has 2 N–H and O–H groups in total. The molecule has 1 heterocycles. The van der Waals surface area contributed by atoms with Crippen LogP contribution in [0.15, 0.2) is 0 Å². The van der Waals surface area contributed by atoms with Gasteiger partial charge in [-0.1, -0.05) is 13.3 Å². The van der Waals surface area contributed by atoms with Crippen molar-refractivity contribution < 1.29 is 14.4 Å². The molecular weight excluding hydrogens is 318 g/mol. The number of nitrogens with one attached hydrogen (secondary N) is 2. The Morgan fingerprint density at radius 2 is 1.72 bits per heavy atom. The quantitative estimate of drug-likeness (QED) is 0.748. The monoisotopic (exact) mass is 347 g/mol. The van der Waals surface area contributed by atoms with Crippen LogP contribution in [-0.4, -0.2) is 40.4 Å². The molecule has 5 rings (SSSR count). The molecule has 0 aromatic carbocycles. The molecule has 1 saturated heterocycles. The van der Waals surface area contributed by atoms with Gasteiger partial charge in [0.25, 0.3) is 5.91 Å². The van der Waals surface area contributed by atoms with Crippen molar-refractivity contribution in [3.63, 3.8) is 0 Å². The first-order valence-corrected chi connectivity index (χ1v) is 9.77. The second-order valence-corrected chi connectivity index (χ2v) is 9.15. The van der Waals surface area contributed by atoms with Gasteiger partial charge in [0.2, 0.25) is 5.91 Å². The van der Waals surface area contributed by atoms with Crippen LogP contribution in [0.1, 0.15) is 65.2 Å². The van der Waals surface area contributed by atoms with E-state index < -0.39 is 11.6 Å². The first kappa shape index (κ1) is 16.9. The maximum Gasteiger partial charge on any atom is 0.325 e. The minimum absolute atomic E-state index is 0.0855. The predicted octanol–water partition coefficient (Wildman–Crippen LogP) is 2.18. The zero-order valence-corrected chi connectivity index (χ0v) is 15.3. The van der Waals surface area contributed by atoms with Crippen LogP contribution in [0, 0.1) is 17.8 Å². The lowest BCUT2D eigenvalue weighted by Crippen LogP contribution is -2.61. The number of urea groups is 1. The molecule has 6 heteroatoms. The van der Waals surface area contributed by atoms with Crippen molar-refractivity contribution in [2.45, 2.75) is 76.3 Å². The minimum atomic E-state index is -0.868. The normalized spacial score (nSPS) is 42.0. The molecule has 5 fully saturated rings. The molecular formula is C19H29N3O3. The Morgan fingerprint density at radius 3 is 2.24 bits per heavy atom. The van der Waals surface area contributed by atoms with E-state index in [1.165, 1.54) is 19.3 Å². The van der Waals surface area contributed by atoms with Gasteiger partial charge in [-0.3, -0.25) is 14.5 Å². The van der Waals surface area contributed by atoms with Crippen molar-refractivity contribution in [3.05, 3.63) is 0 Å². The van der Waals surface area contributed by atoms with Gasteiger partial charge in [0.15, 0.2) is 0 Å². The van der Waals surface area contributed by atoms with Gasteiger partial charge < -0.3 is 10.6 Å². The zero-order valence-electron chi connectivity index (χ0n) is 15.3. The number of hydrogen-bond donors (Lipinski definition) is 2. The SMILES string of the molecule is CCCC1(C)NC(=O)N(CC(=O)NC23CC4CC(CC(C4)C2)C3)C1=O. The second kappa shape index (κ2) is 5.71. The third-order valence-electron chi connectivity index (χ3n) is 6.84. The average Bonchev–Trinajstić information content (AvgIpc) is 2.69. The molecule has 5 aliphatic rings. The van der Waals surface area contributed by atoms with Crippen LogP contribution in [0.2, 0.25) is 0 Å². The highest BCUT2D eigenvalue weighted by atomic mass is 16.2. The van der Waals surface area contributed by atoms with Gasteiger partial charge >= 0.3 is 6.03 Å². The molecule has 0 radical (unpaired) electrons. The molecule has 1 unspecified atom stereocenters. The lowest BCUT2D eigenvalue weighted by atomic mass is 9.53. The van der Waals surface area contributed by atoms with E-state index in [0.717, 1.165) is 48.3 Å². The third-order valence-corrected chi connectivity index (χ3v) is 6.84. The maximum absolute atomic E-state index is 12.7. The summed E-state index contributed by atoms with van der Waals surface area (Å²) in [6, 6.07) is -0.443. The molecule has 4 aliphatic carbocycles. The van der Waals surface area contributed by atoms with Crippen molar-refractivity contribution in [3.8, 4) is 0 Å². The summed E-state index contributed by atoms with van der Waals surface area (Å²) in [4.78, 5) is 38.5. The summed E-state index contributed by atoms with van der Waals surface area (Å²) in [5.41, 5.74) is -0.954. The van der Waals surface area contributed by atoms with Gasteiger partial charge in [-0.25, -0.2) is 4.79 Å². The molecule has 1 aliphatic heterocycles. The number of rotatable bonds is 5. The highest BCUT2D eigenvalue weighted by Crippen LogP contribution is 2.55. The van der Waals surface area contributed by atoms with E-state index in [2.05, 4.69) is 10.6 Å². The third kappa shape index (κ3) is 2.83. The predicted molar refractivity (Wildman–Crippen MR) is 92.6 cm³/mol. The number of imide groups is 1. The number of carbonyl (C=O) groups is 3. The zero-order chi connectivity index (χ0) is 17.8. The van der Waals surface area contributed by atoms with Crippen LogP contribution in [0.25, 0.3) is 0 Å². The van der Waals surface area contributed by atoms with Gasteiger partial charge in [-0.2, -0.15) is 0 Å². The lowest BCUT2D eigenvalue weighted by Gasteiger charge is -2.56. The summed E-state index contributed by atoms with van der Waals surface area (Å²) in [6.45, 7) is 3.56. The molecule has 0 aromatic rings. The van der Waals surface area contributed by atoms with E-state index >= 15 is 0 Å². The molecule has 6 nitrogen and oxygen atoms in total. The smallest absolute Gasteiger partial charge is 0.325 e. The number of nitrogens with zero attached hydrogens (tertiary/aromatic N) is 1. The first-order valence-electron chi connectivity index (χ1n) is 9.77. The fourth-order valence-electron chi connectivity index (χ4n) is 6.30. The van der Waals surface area contributed by atoms with E-state index in [9.17, 15) is 14.4 Å². The topological polar surface area (TPSA) is 78.5 Å². The van der Waals surface area contributed by atoms with Crippen LogP contribution in [0.5, 0.6) is 0 Å². The van der Waals surface area contributed by atoms with E-state index in [1.807, 2.05) is 6.92 Å². The van der Waals surface area contributed by atoms with Gasteiger partial charge in [-0.15, -0.1) is 0 Å². The van der Waals surface area contributed by atoms with E-state index in [4.69, 9.17) is 0 Å². The van der Waals surface area contributed by atoms with E-state index in [0.29, 0.717) is 6.42 Å². The Labute approximate surface area is 149 Å². The summed E-state index contributed by atoms with van der Waals surface area (Å²) in [7, 11) is 0. The van der Waals surface area contributed by atoms with Gasteiger partial charge in [0.1, 0.15) is 12.1 Å². The molecule has 4 saturated carbocycles. The summed E-state index contributed by atoms with van der Waals surface area (Å²) < 4.78 is 0. The molecule has 1 atom stereocenters. The first-order chi connectivity index (χ1) is 11.8. The minimum Gasteiger partial charge on any atom is -0.349 e. The fraction of sp³-hybridized carbons (Fsp3) is 0.842. The van der Waals surface area contributed by atoms with E-state index in [1.54, 1.807) is 6.92 Å². The molecule has 25 heavy (non-hydrogen) atoms. The maximum atomic E-state index is 12.7. The van der Waals surface area contributed by atoms with E-state index in [-0.39, 0.29) is 23.9 Å². The number of carbonyl (C=O) groups excluding carboxylic acids is 3. The summed E-state index contributed by atoms with van der Waals surface area (Å²) in [6.07, 6.45) is 8.54. The van der Waals surface area contributed by atoms with Crippen molar-refractivity contribution in [2.75, 3.05) is 6.54 Å². The van der Waals surface area contributed by atoms with Crippen LogP contribution in [-0.2, 0) is 9.59 Å². The van der Waals surface area contributed by atoms with Crippen molar-refractivity contribution in [2.24, 2.45) is 17.8 Å². The molecule has 4 bridgehead atoms. The Morgan fingerprint density at radius 1 is 1.16 bits per heavy atom. The van der Waals surface area contributed by atoms with Crippen LogP contribution >= 0.6 is 0 Å². The summed E-state index contributed by atoms with van der Waals surface area (Å²) in [5.74, 6) is 1.77. The Kier molecular flexibility index (Phi) is 3.85. The Hall–Kier alpha value is -1.59. The van der Waals surface area contributed by atoms with Crippen LogP contribution < -0.4 is 10.6 Å². The molecule has 0 aromatic heterocycles. The fourth-order valence-corrected chi connectivity index (χ4v) is 6.30. The molecule has 4 amide bonds. The van der Waals surface area contributed by atoms with Crippen molar-refractivity contribution >= 4 is 17.8 Å². The average molecular weight is 347 g/mol. The number of hydrogen-bond acceptors (Lipinski definition) is 3. The molecule has 138 valence electrons. The van der Waals surface area contributed by atoms with Gasteiger partial charge in [0.05, 0.1) is 0 Å². The highest BCUT2D eigenvalue weighted by Gasteiger charge is 2.52. The molecule has 0 spiro atoms. The van der Waals surface area contributed by atoms with Gasteiger partial charge in [-0.05, 0) is 69.6 Å². The van der Waals surface area contributed by atoms with Crippen LogP contribution in [0.4, 0.5) is 4.79 Å².